The highest BCUT2D eigenvalue weighted by molar-refractivity contribution is 7.92. The predicted octanol–water partition coefficient (Wildman–Crippen LogP) is 0.375. The highest BCUT2D eigenvalue weighted by Crippen LogP contribution is 2.15. The van der Waals surface area contributed by atoms with E-state index >= 15 is 0 Å². The highest BCUT2D eigenvalue weighted by atomic mass is 32.2. The molecule has 2 rings (SSSR count). The smallest absolute Gasteiger partial charge is 0.243 e. The van der Waals surface area contributed by atoms with Gasteiger partial charge in [0.25, 0.3) is 0 Å². The standard InChI is InChI=1S/C13H19N3O4S/c1-2-21(18,19)16-11-5-3-10(4-6-11)15-13(17)12-9-20-8-7-14-12/h3-6,12,14,16H,2,7-9H2,1H3,(H,15,17). The molecule has 7 nitrogen and oxygen atoms in total. The lowest BCUT2D eigenvalue weighted by atomic mass is 10.2. The van der Waals surface area contributed by atoms with Gasteiger partial charge in [0.15, 0.2) is 0 Å². The molecule has 0 spiro atoms. The number of sulfonamides is 1. The highest BCUT2D eigenvalue weighted by Gasteiger charge is 2.21. The molecule has 3 N–H and O–H groups in total. The number of anilines is 2. The summed E-state index contributed by atoms with van der Waals surface area (Å²) in [4.78, 5) is 12.0. The van der Waals surface area contributed by atoms with Crippen LogP contribution in [0, 0.1) is 0 Å². The molecular formula is C13H19N3O4S. The molecule has 0 saturated carbocycles. The molecular weight excluding hydrogens is 294 g/mol. The molecule has 1 unspecified atom stereocenters. The zero-order valence-electron chi connectivity index (χ0n) is 11.8. The Hall–Kier alpha value is -1.64. The van der Waals surface area contributed by atoms with E-state index in [9.17, 15) is 13.2 Å². The lowest BCUT2D eigenvalue weighted by molar-refractivity contribution is -0.120. The van der Waals surface area contributed by atoms with Crippen LogP contribution >= 0.6 is 0 Å². The van der Waals surface area contributed by atoms with E-state index in [1.807, 2.05) is 0 Å². The van der Waals surface area contributed by atoms with Gasteiger partial charge in [-0.3, -0.25) is 9.52 Å². The van der Waals surface area contributed by atoms with E-state index in [1.54, 1.807) is 31.2 Å². The first kappa shape index (κ1) is 15.7. The first-order chi connectivity index (χ1) is 10.00. The molecule has 1 atom stereocenters. The van der Waals surface area contributed by atoms with Gasteiger partial charge in [0.1, 0.15) is 6.04 Å². The fourth-order valence-corrected chi connectivity index (χ4v) is 2.48. The summed E-state index contributed by atoms with van der Waals surface area (Å²) in [5.74, 6) is -0.157. The van der Waals surface area contributed by atoms with Crippen molar-refractivity contribution in [1.82, 2.24) is 5.32 Å². The normalized spacial score (nSPS) is 19.0. The number of nitrogens with one attached hydrogen (secondary N) is 3. The zero-order valence-corrected chi connectivity index (χ0v) is 12.6. The van der Waals surface area contributed by atoms with E-state index in [1.165, 1.54) is 0 Å². The second-order valence-electron chi connectivity index (χ2n) is 4.65. The third-order valence-electron chi connectivity index (χ3n) is 3.04. The van der Waals surface area contributed by atoms with Crippen LogP contribution in [0.2, 0.25) is 0 Å². The summed E-state index contributed by atoms with van der Waals surface area (Å²) in [5.41, 5.74) is 1.07. The molecule has 1 heterocycles. The van der Waals surface area contributed by atoms with Crippen LogP contribution in [-0.2, 0) is 19.6 Å². The van der Waals surface area contributed by atoms with Gasteiger partial charge in [-0.1, -0.05) is 0 Å². The molecule has 21 heavy (non-hydrogen) atoms. The lowest BCUT2D eigenvalue weighted by Crippen LogP contribution is -2.48. The predicted molar refractivity (Wildman–Crippen MR) is 80.8 cm³/mol. The quantitative estimate of drug-likeness (QED) is 0.730. The Bertz CT molecular complexity index is 580. The van der Waals surface area contributed by atoms with Gasteiger partial charge in [-0.2, -0.15) is 0 Å². The Morgan fingerprint density at radius 1 is 1.33 bits per heavy atom. The van der Waals surface area contributed by atoms with Crippen molar-refractivity contribution in [3.63, 3.8) is 0 Å². The van der Waals surface area contributed by atoms with Gasteiger partial charge < -0.3 is 15.4 Å². The Morgan fingerprint density at radius 3 is 2.57 bits per heavy atom. The Labute approximate surface area is 124 Å². The summed E-state index contributed by atoms with van der Waals surface area (Å²) in [5, 5.41) is 5.82. The summed E-state index contributed by atoms with van der Waals surface area (Å²) in [7, 11) is -3.29. The van der Waals surface area contributed by atoms with E-state index in [0.29, 0.717) is 31.1 Å². The van der Waals surface area contributed by atoms with Crippen LogP contribution in [0.1, 0.15) is 6.92 Å². The van der Waals surface area contributed by atoms with E-state index in [4.69, 9.17) is 4.74 Å². The van der Waals surface area contributed by atoms with Crippen molar-refractivity contribution in [3.05, 3.63) is 24.3 Å². The summed E-state index contributed by atoms with van der Waals surface area (Å²) in [6.07, 6.45) is 0. The van der Waals surface area contributed by atoms with Gasteiger partial charge in [-0.05, 0) is 31.2 Å². The fourth-order valence-electron chi connectivity index (χ4n) is 1.84. The van der Waals surface area contributed by atoms with Crippen molar-refractivity contribution >= 4 is 27.3 Å². The first-order valence-electron chi connectivity index (χ1n) is 6.73. The largest absolute Gasteiger partial charge is 0.378 e. The molecule has 0 bridgehead atoms. The average molecular weight is 313 g/mol. The maximum atomic E-state index is 12.0. The maximum absolute atomic E-state index is 12.0. The number of rotatable bonds is 5. The SMILES string of the molecule is CCS(=O)(=O)Nc1ccc(NC(=O)C2COCCN2)cc1. The van der Waals surface area contributed by atoms with Crippen LogP contribution in [0.4, 0.5) is 11.4 Å². The summed E-state index contributed by atoms with van der Waals surface area (Å²) in [6.45, 7) is 3.17. The minimum atomic E-state index is -3.29. The van der Waals surface area contributed by atoms with Crippen molar-refractivity contribution in [3.8, 4) is 0 Å². The van der Waals surface area contributed by atoms with E-state index < -0.39 is 10.0 Å². The molecule has 8 heteroatoms. The number of hydrogen-bond acceptors (Lipinski definition) is 5. The molecule has 1 aromatic carbocycles. The average Bonchev–Trinajstić information content (AvgIpc) is 2.50. The molecule has 0 aromatic heterocycles. The van der Waals surface area contributed by atoms with E-state index in [-0.39, 0.29) is 17.7 Å². The van der Waals surface area contributed by atoms with Crippen molar-refractivity contribution in [2.24, 2.45) is 0 Å². The molecule has 1 saturated heterocycles. The maximum Gasteiger partial charge on any atom is 0.243 e. The molecule has 1 aromatic rings. The van der Waals surface area contributed by atoms with Crippen molar-refractivity contribution in [2.45, 2.75) is 13.0 Å². The lowest BCUT2D eigenvalue weighted by Gasteiger charge is -2.22. The molecule has 1 fully saturated rings. The summed E-state index contributed by atoms with van der Waals surface area (Å²) in [6, 6.07) is 6.14. The van der Waals surface area contributed by atoms with Crippen LogP contribution in [0.25, 0.3) is 0 Å². The summed E-state index contributed by atoms with van der Waals surface area (Å²) < 4.78 is 30.5. The van der Waals surface area contributed by atoms with Crippen LogP contribution in [0.5, 0.6) is 0 Å². The minimum absolute atomic E-state index is 0.0127. The molecule has 1 aliphatic heterocycles. The molecule has 0 radical (unpaired) electrons. The number of benzene rings is 1. The van der Waals surface area contributed by atoms with Gasteiger partial charge in [-0.15, -0.1) is 0 Å². The molecule has 1 amide bonds. The van der Waals surface area contributed by atoms with Crippen LogP contribution in [0.15, 0.2) is 24.3 Å². The van der Waals surface area contributed by atoms with Gasteiger partial charge >= 0.3 is 0 Å². The van der Waals surface area contributed by atoms with Gasteiger partial charge in [0.05, 0.1) is 19.0 Å². The Kier molecular flexibility index (Phi) is 5.16. The van der Waals surface area contributed by atoms with Crippen molar-refractivity contribution in [1.29, 1.82) is 0 Å². The monoisotopic (exact) mass is 313 g/mol. The first-order valence-corrected chi connectivity index (χ1v) is 8.38. The van der Waals surface area contributed by atoms with E-state index in [0.717, 1.165) is 0 Å². The number of hydrogen-bond donors (Lipinski definition) is 3. The van der Waals surface area contributed by atoms with Crippen LogP contribution < -0.4 is 15.4 Å². The number of amides is 1. The zero-order chi connectivity index (χ0) is 15.3. The number of ether oxygens (including phenoxy) is 1. The van der Waals surface area contributed by atoms with Crippen molar-refractivity contribution < 1.29 is 17.9 Å². The second-order valence-corrected chi connectivity index (χ2v) is 6.66. The van der Waals surface area contributed by atoms with E-state index in [2.05, 4.69) is 15.4 Å². The third-order valence-corrected chi connectivity index (χ3v) is 4.35. The molecule has 116 valence electrons. The van der Waals surface area contributed by atoms with Crippen LogP contribution in [0.3, 0.4) is 0 Å². The van der Waals surface area contributed by atoms with Gasteiger partial charge in [0.2, 0.25) is 15.9 Å². The second kappa shape index (κ2) is 6.88. The fraction of sp³-hybridized carbons (Fsp3) is 0.462. The third kappa shape index (κ3) is 4.69. The number of morpholine rings is 1. The van der Waals surface area contributed by atoms with Crippen LogP contribution in [-0.4, -0.2) is 45.9 Å². The van der Waals surface area contributed by atoms with Gasteiger partial charge in [0, 0.05) is 17.9 Å². The number of carbonyl (C=O) groups is 1. The molecule has 1 aliphatic rings. The molecule has 0 aliphatic carbocycles. The number of carbonyl (C=O) groups excluding carboxylic acids is 1. The topological polar surface area (TPSA) is 96.5 Å². The Balaban J connectivity index is 1.94. The Morgan fingerprint density at radius 2 is 2.00 bits per heavy atom. The van der Waals surface area contributed by atoms with Gasteiger partial charge in [-0.25, -0.2) is 8.42 Å². The van der Waals surface area contributed by atoms with Crippen molar-refractivity contribution in [2.75, 3.05) is 35.6 Å². The minimum Gasteiger partial charge on any atom is -0.378 e. The summed E-state index contributed by atoms with van der Waals surface area (Å²) >= 11 is 0.